The van der Waals surface area contributed by atoms with Gasteiger partial charge < -0.3 is 10.4 Å². The minimum Gasteiger partial charge on any atom is -0.505 e. The van der Waals surface area contributed by atoms with Crippen molar-refractivity contribution in [3.05, 3.63) is 59.2 Å². The average molecular weight is 246 g/mol. The van der Waals surface area contributed by atoms with E-state index in [0.717, 1.165) is 11.3 Å². The van der Waals surface area contributed by atoms with E-state index in [2.05, 4.69) is 10.3 Å². The molecular weight excluding hydrogens is 231 g/mol. The highest BCUT2D eigenvalue weighted by Crippen LogP contribution is 2.20. The fourth-order valence-corrected chi connectivity index (χ4v) is 1.72. The van der Waals surface area contributed by atoms with Gasteiger partial charge in [-0.05, 0) is 24.6 Å². The number of phenols is 1. The summed E-state index contributed by atoms with van der Waals surface area (Å²) in [6.45, 7) is 2.98. The molecule has 0 amide bonds. The number of phenolic OH excluding ortho intramolecular Hbond substituents is 1. The van der Waals surface area contributed by atoms with Crippen molar-refractivity contribution >= 4 is 0 Å². The minimum atomic E-state index is -0.594. The standard InChI is InChI=1S/C14H15FN2O/c1-10-4-3-7-17-13(10)9-16-8-11-5-2-6-12(15)14(11)18/h2-7,16,18H,8-9H2,1H3. The highest BCUT2D eigenvalue weighted by atomic mass is 19.1. The molecule has 94 valence electrons. The van der Waals surface area contributed by atoms with Crippen LogP contribution in [0.5, 0.6) is 5.75 Å². The number of para-hydroxylation sites is 1. The summed E-state index contributed by atoms with van der Waals surface area (Å²) in [5, 5.41) is 12.7. The normalized spacial score (nSPS) is 10.6. The lowest BCUT2D eigenvalue weighted by Gasteiger charge is -2.08. The first-order valence-electron chi connectivity index (χ1n) is 5.76. The Bertz CT molecular complexity index is 543. The molecule has 1 aromatic heterocycles. The highest BCUT2D eigenvalue weighted by Gasteiger charge is 2.06. The fraction of sp³-hybridized carbons (Fsp3) is 0.214. The Balaban J connectivity index is 1.97. The molecule has 18 heavy (non-hydrogen) atoms. The topological polar surface area (TPSA) is 45.2 Å². The largest absolute Gasteiger partial charge is 0.505 e. The van der Waals surface area contributed by atoms with Crippen molar-refractivity contribution in [2.24, 2.45) is 0 Å². The van der Waals surface area contributed by atoms with Gasteiger partial charge in [0.1, 0.15) is 0 Å². The maximum atomic E-state index is 13.1. The van der Waals surface area contributed by atoms with Crippen molar-refractivity contribution in [1.29, 1.82) is 0 Å². The molecule has 0 fully saturated rings. The van der Waals surface area contributed by atoms with Crippen LogP contribution in [0.2, 0.25) is 0 Å². The van der Waals surface area contributed by atoms with E-state index in [1.807, 2.05) is 19.1 Å². The third-order valence-electron chi connectivity index (χ3n) is 2.80. The Kier molecular flexibility index (Phi) is 3.89. The number of hydrogen-bond acceptors (Lipinski definition) is 3. The molecule has 0 aliphatic rings. The van der Waals surface area contributed by atoms with Gasteiger partial charge in [0, 0.05) is 24.8 Å². The molecule has 0 radical (unpaired) electrons. The second kappa shape index (κ2) is 5.60. The Labute approximate surface area is 105 Å². The third-order valence-corrected chi connectivity index (χ3v) is 2.80. The Morgan fingerprint density at radius 2 is 2.06 bits per heavy atom. The van der Waals surface area contributed by atoms with Gasteiger partial charge in [-0.15, -0.1) is 0 Å². The summed E-state index contributed by atoms with van der Waals surface area (Å²) in [6, 6.07) is 8.39. The summed E-state index contributed by atoms with van der Waals surface area (Å²) in [6.07, 6.45) is 1.74. The Hall–Kier alpha value is -1.94. The molecule has 0 saturated heterocycles. The zero-order valence-corrected chi connectivity index (χ0v) is 10.2. The molecule has 0 atom stereocenters. The molecule has 1 aromatic carbocycles. The number of aromatic hydroxyl groups is 1. The van der Waals surface area contributed by atoms with Crippen molar-refractivity contribution in [1.82, 2.24) is 10.3 Å². The molecular formula is C14H15FN2O. The number of aryl methyl sites for hydroxylation is 1. The lowest BCUT2D eigenvalue weighted by molar-refractivity contribution is 0.423. The number of nitrogens with one attached hydrogen (secondary N) is 1. The van der Waals surface area contributed by atoms with E-state index in [0.29, 0.717) is 18.7 Å². The summed E-state index contributed by atoms with van der Waals surface area (Å²) >= 11 is 0. The monoisotopic (exact) mass is 246 g/mol. The average Bonchev–Trinajstić information content (AvgIpc) is 2.37. The van der Waals surface area contributed by atoms with E-state index in [9.17, 15) is 9.50 Å². The van der Waals surface area contributed by atoms with Gasteiger partial charge in [0.25, 0.3) is 0 Å². The zero-order chi connectivity index (χ0) is 13.0. The minimum absolute atomic E-state index is 0.289. The number of halogens is 1. The van der Waals surface area contributed by atoms with E-state index < -0.39 is 5.82 Å². The van der Waals surface area contributed by atoms with E-state index >= 15 is 0 Å². The van der Waals surface area contributed by atoms with E-state index in [1.165, 1.54) is 6.07 Å². The van der Waals surface area contributed by atoms with Crippen molar-refractivity contribution < 1.29 is 9.50 Å². The molecule has 1 heterocycles. The Morgan fingerprint density at radius 3 is 2.83 bits per heavy atom. The fourth-order valence-electron chi connectivity index (χ4n) is 1.72. The van der Waals surface area contributed by atoms with Crippen molar-refractivity contribution in [2.45, 2.75) is 20.0 Å². The number of rotatable bonds is 4. The van der Waals surface area contributed by atoms with Crippen LogP contribution >= 0.6 is 0 Å². The van der Waals surface area contributed by atoms with Crippen molar-refractivity contribution in [3.63, 3.8) is 0 Å². The van der Waals surface area contributed by atoms with Crippen LogP contribution in [0.3, 0.4) is 0 Å². The Morgan fingerprint density at radius 1 is 1.22 bits per heavy atom. The van der Waals surface area contributed by atoms with Gasteiger partial charge in [-0.3, -0.25) is 4.98 Å². The molecule has 0 bridgehead atoms. The highest BCUT2D eigenvalue weighted by molar-refractivity contribution is 5.33. The predicted molar refractivity (Wildman–Crippen MR) is 67.6 cm³/mol. The van der Waals surface area contributed by atoms with Gasteiger partial charge in [-0.2, -0.15) is 0 Å². The molecule has 2 N–H and O–H groups in total. The molecule has 0 unspecified atom stereocenters. The number of benzene rings is 1. The second-order valence-electron chi connectivity index (χ2n) is 4.12. The summed E-state index contributed by atoms with van der Waals surface area (Å²) in [5.74, 6) is -0.883. The third kappa shape index (κ3) is 2.84. The summed E-state index contributed by atoms with van der Waals surface area (Å²) in [7, 11) is 0. The quantitative estimate of drug-likeness (QED) is 0.871. The summed E-state index contributed by atoms with van der Waals surface area (Å²) in [5.41, 5.74) is 2.60. The first-order chi connectivity index (χ1) is 8.68. The van der Waals surface area contributed by atoms with Crippen LogP contribution in [-0.2, 0) is 13.1 Å². The lowest BCUT2D eigenvalue weighted by Crippen LogP contribution is -2.14. The molecule has 2 rings (SSSR count). The molecule has 0 aliphatic carbocycles. The number of hydrogen-bond donors (Lipinski definition) is 2. The maximum absolute atomic E-state index is 13.1. The SMILES string of the molecule is Cc1cccnc1CNCc1cccc(F)c1O. The van der Waals surface area contributed by atoms with Gasteiger partial charge in [0.05, 0.1) is 5.69 Å². The lowest BCUT2D eigenvalue weighted by atomic mass is 10.2. The van der Waals surface area contributed by atoms with E-state index in [1.54, 1.807) is 18.3 Å². The van der Waals surface area contributed by atoms with Crippen LogP contribution in [-0.4, -0.2) is 10.1 Å². The molecule has 0 saturated carbocycles. The maximum Gasteiger partial charge on any atom is 0.165 e. The van der Waals surface area contributed by atoms with Crippen LogP contribution < -0.4 is 5.32 Å². The van der Waals surface area contributed by atoms with Crippen LogP contribution in [0.25, 0.3) is 0 Å². The van der Waals surface area contributed by atoms with Crippen LogP contribution in [0.4, 0.5) is 4.39 Å². The van der Waals surface area contributed by atoms with Crippen molar-refractivity contribution in [2.75, 3.05) is 0 Å². The molecule has 0 spiro atoms. The first kappa shape index (κ1) is 12.5. The van der Waals surface area contributed by atoms with Crippen LogP contribution in [0.15, 0.2) is 36.5 Å². The number of aromatic nitrogens is 1. The van der Waals surface area contributed by atoms with Crippen LogP contribution in [0.1, 0.15) is 16.8 Å². The van der Waals surface area contributed by atoms with E-state index in [4.69, 9.17) is 0 Å². The van der Waals surface area contributed by atoms with Gasteiger partial charge in [-0.25, -0.2) is 4.39 Å². The summed E-state index contributed by atoms with van der Waals surface area (Å²) < 4.78 is 13.1. The molecule has 2 aromatic rings. The summed E-state index contributed by atoms with van der Waals surface area (Å²) in [4.78, 5) is 4.25. The number of pyridine rings is 1. The van der Waals surface area contributed by atoms with E-state index in [-0.39, 0.29) is 5.75 Å². The first-order valence-corrected chi connectivity index (χ1v) is 5.76. The molecule has 4 heteroatoms. The van der Waals surface area contributed by atoms with Gasteiger partial charge in [-0.1, -0.05) is 18.2 Å². The molecule has 0 aliphatic heterocycles. The predicted octanol–water partition coefficient (Wildman–Crippen LogP) is 2.52. The van der Waals surface area contributed by atoms with Gasteiger partial charge >= 0.3 is 0 Å². The van der Waals surface area contributed by atoms with Gasteiger partial charge in [0.2, 0.25) is 0 Å². The van der Waals surface area contributed by atoms with Crippen LogP contribution in [0, 0.1) is 12.7 Å². The smallest absolute Gasteiger partial charge is 0.165 e. The molecule has 3 nitrogen and oxygen atoms in total. The zero-order valence-electron chi connectivity index (χ0n) is 10.2. The van der Waals surface area contributed by atoms with Crippen molar-refractivity contribution in [3.8, 4) is 5.75 Å². The second-order valence-corrected chi connectivity index (χ2v) is 4.12. The number of nitrogens with zero attached hydrogens (tertiary/aromatic N) is 1. The van der Waals surface area contributed by atoms with Gasteiger partial charge in [0.15, 0.2) is 11.6 Å².